The zero-order chi connectivity index (χ0) is 17.2. The first kappa shape index (κ1) is 17.4. The van der Waals surface area contributed by atoms with Gasteiger partial charge in [-0.15, -0.1) is 0 Å². The molecule has 0 amide bonds. The van der Waals surface area contributed by atoms with Gasteiger partial charge in [0.1, 0.15) is 5.75 Å². The number of allylic oxidation sites excluding steroid dienone is 3. The Hall–Kier alpha value is -2.94. The monoisotopic (exact) mass is 320 g/mol. The molecule has 0 atom stereocenters. The number of hydrogen-bond acceptors (Lipinski definition) is 3. The van der Waals surface area contributed by atoms with Crippen molar-refractivity contribution in [2.75, 3.05) is 0 Å². The molecular weight excluding hydrogens is 300 g/mol. The summed E-state index contributed by atoms with van der Waals surface area (Å²) in [5.74, 6) is 0.256. The Morgan fingerprint density at radius 1 is 0.958 bits per heavy atom. The SMILES string of the molecule is CC(=O)Oc1ccc(CCC(=O)/C=C/C=C/c2ccccc2)cc1. The van der Waals surface area contributed by atoms with Gasteiger partial charge in [0.05, 0.1) is 0 Å². The summed E-state index contributed by atoms with van der Waals surface area (Å²) in [6, 6.07) is 17.1. The molecule has 0 aliphatic carbocycles. The Kier molecular flexibility index (Phi) is 6.72. The molecule has 0 aromatic heterocycles. The number of rotatable bonds is 7. The molecule has 2 aromatic rings. The van der Waals surface area contributed by atoms with Gasteiger partial charge in [0.15, 0.2) is 5.78 Å². The summed E-state index contributed by atoms with van der Waals surface area (Å²) in [5, 5.41) is 0. The highest BCUT2D eigenvalue weighted by atomic mass is 16.5. The van der Waals surface area contributed by atoms with E-state index in [1.54, 1.807) is 24.3 Å². The normalized spacial score (nSPS) is 11.0. The number of carbonyl (C=O) groups excluding carboxylic acids is 2. The Balaban J connectivity index is 1.77. The van der Waals surface area contributed by atoms with Crippen LogP contribution in [0, 0.1) is 0 Å². The second kappa shape index (κ2) is 9.26. The maximum absolute atomic E-state index is 11.9. The maximum Gasteiger partial charge on any atom is 0.308 e. The van der Waals surface area contributed by atoms with Crippen LogP contribution in [0.3, 0.4) is 0 Å². The summed E-state index contributed by atoms with van der Waals surface area (Å²) in [6.45, 7) is 1.37. The molecule has 0 bridgehead atoms. The third kappa shape index (κ3) is 6.44. The molecular formula is C21H20O3. The van der Waals surface area contributed by atoms with Crippen molar-refractivity contribution in [3.05, 3.63) is 84.0 Å². The first-order valence-corrected chi connectivity index (χ1v) is 7.83. The van der Waals surface area contributed by atoms with Crippen LogP contribution >= 0.6 is 0 Å². The summed E-state index contributed by atoms with van der Waals surface area (Å²) < 4.78 is 4.97. The van der Waals surface area contributed by atoms with E-state index in [4.69, 9.17) is 4.74 Å². The Morgan fingerprint density at radius 3 is 2.33 bits per heavy atom. The van der Waals surface area contributed by atoms with E-state index in [9.17, 15) is 9.59 Å². The molecule has 0 unspecified atom stereocenters. The van der Waals surface area contributed by atoms with Gasteiger partial charge in [0.2, 0.25) is 0 Å². The van der Waals surface area contributed by atoms with Gasteiger partial charge in [-0.1, -0.05) is 60.7 Å². The molecule has 0 aliphatic heterocycles. The molecule has 2 aromatic carbocycles. The Labute approximate surface area is 142 Å². The average molecular weight is 320 g/mol. The van der Waals surface area contributed by atoms with E-state index in [2.05, 4.69) is 0 Å². The fourth-order valence-electron chi connectivity index (χ4n) is 2.13. The van der Waals surface area contributed by atoms with E-state index in [0.717, 1.165) is 11.1 Å². The first-order chi connectivity index (χ1) is 11.6. The zero-order valence-corrected chi connectivity index (χ0v) is 13.6. The predicted octanol–water partition coefficient (Wildman–Crippen LogP) is 4.38. The third-order valence-corrected chi connectivity index (χ3v) is 3.33. The van der Waals surface area contributed by atoms with Crippen molar-refractivity contribution in [3.63, 3.8) is 0 Å². The minimum absolute atomic E-state index is 0.0803. The smallest absolute Gasteiger partial charge is 0.308 e. The summed E-state index contributed by atoms with van der Waals surface area (Å²) >= 11 is 0. The van der Waals surface area contributed by atoms with Crippen LogP contribution in [0.4, 0.5) is 0 Å². The van der Waals surface area contributed by atoms with E-state index >= 15 is 0 Å². The average Bonchev–Trinajstić information content (AvgIpc) is 2.58. The summed E-state index contributed by atoms with van der Waals surface area (Å²) in [7, 11) is 0. The molecule has 2 rings (SSSR count). The van der Waals surface area contributed by atoms with Gasteiger partial charge in [-0.05, 0) is 35.8 Å². The molecule has 24 heavy (non-hydrogen) atoms. The van der Waals surface area contributed by atoms with Gasteiger partial charge in [-0.25, -0.2) is 0 Å². The van der Waals surface area contributed by atoms with Crippen LogP contribution in [0.2, 0.25) is 0 Å². The summed E-state index contributed by atoms with van der Waals surface area (Å²) in [6.07, 6.45) is 8.28. The van der Waals surface area contributed by atoms with Crippen LogP contribution in [0.5, 0.6) is 5.75 Å². The number of ether oxygens (including phenoxy) is 1. The molecule has 0 aliphatic rings. The minimum atomic E-state index is -0.341. The molecule has 0 radical (unpaired) electrons. The van der Waals surface area contributed by atoms with Crippen LogP contribution in [-0.4, -0.2) is 11.8 Å². The number of carbonyl (C=O) groups is 2. The van der Waals surface area contributed by atoms with Crippen molar-refractivity contribution in [2.45, 2.75) is 19.8 Å². The van der Waals surface area contributed by atoms with Crippen LogP contribution in [0.25, 0.3) is 6.08 Å². The molecule has 0 saturated heterocycles. The zero-order valence-electron chi connectivity index (χ0n) is 13.6. The van der Waals surface area contributed by atoms with E-state index < -0.39 is 0 Å². The van der Waals surface area contributed by atoms with Crippen molar-refractivity contribution in [1.82, 2.24) is 0 Å². The van der Waals surface area contributed by atoms with E-state index in [0.29, 0.717) is 18.6 Å². The van der Waals surface area contributed by atoms with Gasteiger partial charge in [0, 0.05) is 13.3 Å². The topological polar surface area (TPSA) is 43.4 Å². The summed E-state index contributed by atoms with van der Waals surface area (Å²) in [5.41, 5.74) is 2.13. The van der Waals surface area contributed by atoms with Gasteiger partial charge < -0.3 is 4.74 Å². The predicted molar refractivity (Wildman–Crippen MR) is 95.7 cm³/mol. The third-order valence-electron chi connectivity index (χ3n) is 3.33. The summed E-state index contributed by atoms with van der Waals surface area (Å²) in [4.78, 5) is 22.7. The fraction of sp³-hybridized carbons (Fsp3) is 0.143. The number of ketones is 1. The molecule has 3 heteroatoms. The van der Waals surface area contributed by atoms with Crippen molar-refractivity contribution in [2.24, 2.45) is 0 Å². The highest BCUT2D eigenvalue weighted by Crippen LogP contribution is 2.13. The second-order valence-electron chi connectivity index (χ2n) is 5.33. The van der Waals surface area contributed by atoms with Crippen molar-refractivity contribution < 1.29 is 14.3 Å². The van der Waals surface area contributed by atoms with Crippen LogP contribution in [0.1, 0.15) is 24.5 Å². The van der Waals surface area contributed by atoms with Crippen molar-refractivity contribution in [1.29, 1.82) is 0 Å². The van der Waals surface area contributed by atoms with Crippen molar-refractivity contribution in [3.8, 4) is 5.75 Å². The minimum Gasteiger partial charge on any atom is -0.427 e. The lowest BCUT2D eigenvalue weighted by atomic mass is 10.1. The van der Waals surface area contributed by atoms with Crippen LogP contribution in [-0.2, 0) is 16.0 Å². The lowest BCUT2D eigenvalue weighted by Crippen LogP contribution is -2.01. The molecule has 0 heterocycles. The largest absolute Gasteiger partial charge is 0.427 e. The number of hydrogen-bond donors (Lipinski definition) is 0. The van der Waals surface area contributed by atoms with Gasteiger partial charge in [-0.3, -0.25) is 9.59 Å². The maximum atomic E-state index is 11.9. The molecule has 0 fully saturated rings. The standard InChI is InChI=1S/C21H20O3/c1-17(22)24-21-15-12-19(13-16-21)11-14-20(23)10-6-5-9-18-7-3-2-4-8-18/h2-10,12-13,15-16H,11,14H2,1H3/b9-5+,10-6+. The van der Waals surface area contributed by atoms with Crippen LogP contribution in [0.15, 0.2) is 72.8 Å². The van der Waals surface area contributed by atoms with Gasteiger partial charge in [-0.2, -0.15) is 0 Å². The Bertz CT molecular complexity index is 725. The number of esters is 1. The molecule has 122 valence electrons. The quantitative estimate of drug-likeness (QED) is 0.329. The van der Waals surface area contributed by atoms with E-state index in [1.807, 2.05) is 54.6 Å². The molecule has 0 N–H and O–H groups in total. The van der Waals surface area contributed by atoms with Crippen molar-refractivity contribution >= 4 is 17.8 Å². The highest BCUT2D eigenvalue weighted by molar-refractivity contribution is 5.90. The second-order valence-corrected chi connectivity index (χ2v) is 5.33. The Morgan fingerprint density at radius 2 is 1.67 bits per heavy atom. The highest BCUT2D eigenvalue weighted by Gasteiger charge is 2.01. The van der Waals surface area contributed by atoms with Gasteiger partial charge in [0.25, 0.3) is 0 Å². The molecule has 0 spiro atoms. The lowest BCUT2D eigenvalue weighted by Gasteiger charge is -2.03. The van der Waals surface area contributed by atoms with E-state index in [-0.39, 0.29) is 11.8 Å². The van der Waals surface area contributed by atoms with E-state index in [1.165, 1.54) is 6.92 Å². The fourth-order valence-corrected chi connectivity index (χ4v) is 2.13. The number of benzene rings is 2. The lowest BCUT2D eigenvalue weighted by molar-refractivity contribution is -0.131. The van der Waals surface area contributed by atoms with Crippen LogP contribution < -0.4 is 4.74 Å². The first-order valence-electron chi connectivity index (χ1n) is 7.83. The van der Waals surface area contributed by atoms with Gasteiger partial charge >= 0.3 is 5.97 Å². The molecule has 3 nitrogen and oxygen atoms in total. The molecule has 0 saturated carbocycles. The number of aryl methyl sites for hydroxylation is 1.